The number of aliphatic hydroxyl groups is 1. The molecule has 1 unspecified atom stereocenters. The second kappa shape index (κ2) is 4.02. The Balaban J connectivity index is 2.11. The average molecular weight is 213 g/mol. The average Bonchev–Trinajstić information content (AvgIpc) is 2.87. The van der Waals surface area contributed by atoms with E-state index in [1.807, 2.05) is 0 Å². The molecule has 0 spiro atoms. The Bertz CT molecular complexity index is 314. The summed E-state index contributed by atoms with van der Waals surface area (Å²) >= 11 is 1.10. The standard InChI is InChI=1S/C8H11N3O2S/c12-5-6-2-1-3-11(6)8(13)7-4-9-10-14-7/h4,6,12H,1-3,5H2. The fraction of sp³-hybridized carbons (Fsp3) is 0.625. The van der Waals surface area contributed by atoms with E-state index in [4.69, 9.17) is 5.11 Å². The minimum atomic E-state index is -0.0587. The van der Waals surface area contributed by atoms with Gasteiger partial charge in [0.25, 0.3) is 5.91 Å². The van der Waals surface area contributed by atoms with Gasteiger partial charge < -0.3 is 10.0 Å². The van der Waals surface area contributed by atoms with E-state index in [2.05, 4.69) is 9.59 Å². The molecule has 1 aromatic heterocycles. The van der Waals surface area contributed by atoms with Crippen molar-refractivity contribution in [3.05, 3.63) is 11.1 Å². The summed E-state index contributed by atoms with van der Waals surface area (Å²) < 4.78 is 3.65. The van der Waals surface area contributed by atoms with Crippen LogP contribution in [-0.2, 0) is 0 Å². The van der Waals surface area contributed by atoms with E-state index < -0.39 is 0 Å². The van der Waals surface area contributed by atoms with E-state index in [0.717, 1.165) is 30.9 Å². The lowest BCUT2D eigenvalue weighted by Gasteiger charge is -2.21. The first-order valence-electron chi connectivity index (χ1n) is 4.52. The third kappa shape index (κ3) is 1.62. The van der Waals surface area contributed by atoms with Crippen molar-refractivity contribution in [2.45, 2.75) is 18.9 Å². The van der Waals surface area contributed by atoms with Gasteiger partial charge in [0.1, 0.15) is 4.88 Å². The predicted molar refractivity (Wildman–Crippen MR) is 51.1 cm³/mol. The van der Waals surface area contributed by atoms with Gasteiger partial charge >= 0.3 is 0 Å². The largest absolute Gasteiger partial charge is 0.394 e. The summed E-state index contributed by atoms with van der Waals surface area (Å²) in [5, 5.41) is 12.7. The van der Waals surface area contributed by atoms with Crippen LogP contribution in [0.3, 0.4) is 0 Å². The van der Waals surface area contributed by atoms with Crippen molar-refractivity contribution in [3.8, 4) is 0 Å². The van der Waals surface area contributed by atoms with Crippen LogP contribution in [0.15, 0.2) is 6.20 Å². The molecule has 1 aromatic rings. The number of amides is 1. The van der Waals surface area contributed by atoms with Gasteiger partial charge in [0.15, 0.2) is 0 Å². The zero-order valence-corrected chi connectivity index (χ0v) is 8.40. The molecule has 0 aliphatic carbocycles. The van der Waals surface area contributed by atoms with E-state index in [9.17, 15) is 4.79 Å². The Labute approximate surface area is 85.5 Å². The van der Waals surface area contributed by atoms with Crippen LogP contribution in [0.5, 0.6) is 0 Å². The van der Waals surface area contributed by atoms with Crippen LogP contribution in [-0.4, -0.2) is 44.7 Å². The van der Waals surface area contributed by atoms with Crippen molar-refractivity contribution < 1.29 is 9.90 Å². The van der Waals surface area contributed by atoms with Crippen LogP contribution in [0.25, 0.3) is 0 Å². The molecule has 5 nitrogen and oxygen atoms in total. The summed E-state index contributed by atoms with van der Waals surface area (Å²) in [6, 6.07) is -0.0235. The molecule has 1 atom stereocenters. The highest BCUT2D eigenvalue weighted by Gasteiger charge is 2.29. The maximum atomic E-state index is 11.8. The van der Waals surface area contributed by atoms with Crippen LogP contribution in [0.2, 0.25) is 0 Å². The highest BCUT2D eigenvalue weighted by molar-refractivity contribution is 7.07. The minimum Gasteiger partial charge on any atom is -0.394 e. The van der Waals surface area contributed by atoms with Gasteiger partial charge in [-0.2, -0.15) is 0 Å². The number of nitrogens with zero attached hydrogens (tertiary/aromatic N) is 3. The number of hydrogen-bond donors (Lipinski definition) is 1. The number of rotatable bonds is 2. The van der Waals surface area contributed by atoms with Crippen LogP contribution in [0.1, 0.15) is 22.5 Å². The molecule has 6 heteroatoms. The van der Waals surface area contributed by atoms with Gasteiger partial charge in [-0.05, 0) is 24.4 Å². The highest BCUT2D eigenvalue weighted by Crippen LogP contribution is 2.20. The summed E-state index contributed by atoms with van der Waals surface area (Å²) in [4.78, 5) is 14.1. The van der Waals surface area contributed by atoms with Crippen molar-refractivity contribution in [1.29, 1.82) is 0 Å². The summed E-state index contributed by atoms with van der Waals surface area (Å²) in [5.41, 5.74) is 0. The third-order valence-corrected chi connectivity index (χ3v) is 3.07. The quantitative estimate of drug-likeness (QED) is 0.758. The molecule has 0 radical (unpaired) electrons. The highest BCUT2D eigenvalue weighted by atomic mass is 32.1. The van der Waals surface area contributed by atoms with Crippen molar-refractivity contribution in [3.63, 3.8) is 0 Å². The van der Waals surface area contributed by atoms with Gasteiger partial charge in [-0.15, -0.1) is 5.10 Å². The van der Waals surface area contributed by atoms with Crippen molar-refractivity contribution in [1.82, 2.24) is 14.5 Å². The van der Waals surface area contributed by atoms with Gasteiger partial charge in [0.05, 0.1) is 18.8 Å². The lowest BCUT2D eigenvalue weighted by molar-refractivity contribution is 0.0682. The molecule has 14 heavy (non-hydrogen) atoms. The molecule has 2 rings (SSSR count). The van der Waals surface area contributed by atoms with Crippen LogP contribution < -0.4 is 0 Å². The Morgan fingerprint density at radius 1 is 1.79 bits per heavy atom. The molecule has 1 aliphatic rings. The molecule has 76 valence electrons. The number of carbonyl (C=O) groups excluding carboxylic acids is 1. The van der Waals surface area contributed by atoms with Gasteiger partial charge in [-0.3, -0.25) is 4.79 Å². The number of aromatic nitrogens is 2. The van der Waals surface area contributed by atoms with Gasteiger partial charge in [-0.25, -0.2) is 0 Å². The smallest absolute Gasteiger partial charge is 0.267 e. The fourth-order valence-electron chi connectivity index (χ4n) is 1.70. The molecule has 2 heterocycles. The second-order valence-electron chi connectivity index (χ2n) is 3.26. The Morgan fingerprint density at radius 2 is 2.64 bits per heavy atom. The van der Waals surface area contributed by atoms with Gasteiger partial charge in [0.2, 0.25) is 0 Å². The molecule has 1 N–H and O–H groups in total. The van der Waals surface area contributed by atoms with E-state index in [-0.39, 0.29) is 18.6 Å². The SMILES string of the molecule is O=C(c1cnns1)N1CCCC1CO. The second-order valence-corrected chi connectivity index (χ2v) is 4.04. The molecule has 0 saturated carbocycles. The Hall–Kier alpha value is -1.01. The lowest BCUT2D eigenvalue weighted by atomic mass is 10.2. The molecule has 0 aromatic carbocycles. The van der Waals surface area contributed by atoms with E-state index >= 15 is 0 Å². The minimum absolute atomic E-state index is 0.0235. The molecular formula is C8H11N3O2S. The van der Waals surface area contributed by atoms with E-state index in [1.54, 1.807) is 4.90 Å². The third-order valence-electron chi connectivity index (χ3n) is 2.42. The van der Waals surface area contributed by atoms with Crippen LogP contribution >= 0.6 is 11.5 Å². The topological polar surface area (TPSA) is 66.3 Å². The van der Waals surface area contributed by atoms with E-state index in [0.29, 0.717) is 4.88 Å². The lowest BCUT2D eigenvalue weighted by Crippen LogP contribution is -2.37. The number of carbonyl (C=O) groups is 1. The molecule has 1 aliphatic heterocycles. The summed E-state index contributed by atoms with van der Waals surface area (Å²) in [5.74, 6) is -0.0587. The Kier molecular flexibility index (Phi) is 2.74. The molecular weight excluding hydrogens is 202 g/mol. The van der Waals surface area contributed by atoms with Crippen LogP contribution in [0.4, 0.5) is 0 Å². The summed E-state index contributed by atoms with van der Waals surface area (Å²) in [7, 11) is 0. The molecule has 1 amide bonds. The molecule has 0 bridgehead atoms. The van der Waals surface area contributed by atoms with Gasteiger partial charge in [-0.1, -0.05) is 4.49 Å². The first-order chi connectivity index (χ1) is 6.83. The van der Waals surface area contributed by atoms with E-state index in [1.165, 1.54) is 6.20 Å². The zero-order chi connectivity index (χ0) is 9.97. The predicted octanol–water partition coefficient (Wildman–Crippen LogP) is 0.135. The van der Waals surface area contributed by atoms with Crippen molar-refractivity contribution in [2.75, 3.05) is 13.2 Å². The summed E-state index contributed by atoms with van der Waals surface area (Å²) in [6.45, 7) is 0.764. The normalized spacial score (nSPS) is 21.5. The number of likely N-dealkylation sites (tertiary alicyclic amines) is 1. The first kappa shape index (κ1) is 9.54. The number of hydrogen-bond acceptors (Lipinski definition) is 5. The first-order valence-corrected chi connectivity index (χ1v) is 5.29. The van der Waals surface area contributed by atoms with Crippen molar-refractivity contribution in [2.24, 2.45) is 0 Å². The van der Waals surface area contributed by atoms with Gasteiger partial charge in [0, 0.05) is 6.54 Å². The Morgan fingerprint density at radius 3 is 3.29 bits per heavy atom. The molecule has 1 fully saturated rings. The molecule has 1 saturated heterocycles. The summed E-state index contributed by atoms with van der Waals surface area (Å²) in [6.07, 6.45) is 3.32. The monoisotopic (exact) mass is 213 g/mol. The number of aliphatic hydroxyl groups excluding tert-OH is 1. The maximum absolute atomic E-state index is 11.8. The van der Waals surface area contributed by atoms with Crippen LogP contribution in [0, 0.1) is 0 Å². The maximum Gasteiger partial charge on any atom is 0.267 e. The van der Waals surface area contributed by atoms with Crippen molar-refractivity contribution >= 4 is 17.4 Å². The fourth-order valence-corrected chi connectivity index (χ4v) is 2.17. The zero-order valence-electron chi connectivity index (χ0n) is 7.59.